The maximum Gasteiger partial charge on any atom is 0.220 e. The van der Waals surface area contributed by atoms with Crippen molar-refractivity contribution in [3.63, 3.8) is 0 Å². The van der Waals surface area contributed by atoms with Crippen molar-refractivity contribution in [2.45, 2.75) is 32.6 Å². The van der Waals surface area contributed by atoms with E-state index in [-0.39, 0.29) is 5.91 Å². The van der Waals surface area contributed by atoms with Crippen LogP contribution in [0.3, 0.4) is 0 Å². The highest BCUT2D eigenvalue weighted by molar-refractivity contribution is 5.80. The molecule has 2 N–H and O–H groups in total. The Morgan fingerprint density at radius 2 is 1.94 bits per heavy atom. The molecule has 17 heavy (non-hydrogen) atoms. The molecular weight excluding hydrogens is 212 g/mol. The normalized spacial score (nSPS) is 9.94. The highest BCUT2D eigenvalue weighted by atomic mass is 16.1. The molecule has 92 valence electrons. The molecule has 0 heterocycles. The fourth-order valence-electron chi connectivity index (χ4n) is 1.59. The van der Waals surface area contributed by atoms with Crippen LogP contribution in [-0.2, 0) is 11.2 Å². The second kappa shape index (κ2) is 7.60. The molecule has 0 aromatic heterocycles. The van der Waals surface area contributed by atoms with Gasteiger partial charge in [0.05, 0.1) is 0 Å². The Morgan fingerprint density at radius 1 is 1.24 bits per heavy atom. The van der Waals surface area contributed by atoms with Crippen LogP contribution in [0.4, 0.5) is 0 Å². The number of carbonyl (C=O) groups excluding carboxylic acids is 1. The first-order valence-corrected chi connectivity index (χ1v) is 6.03. The molecule has 0 radical (unpaired) electrons. The minimum absolute atomic E-state index is 0.0854. The lowest BCUT2D eigenvalue weighted by Gasteiger charge is -2.05. The SMILES string of the molecule is CC(=N)CCCC(=O)NCCc1ccccc1. The van der Waals surface area contributed by atoms with Crippen LogP contribution in [0, 0.1) is 5.41 Å². The van der Waals surface area contributed by atoms with E-state index >= 15 is 0 Å². The zero-order valence-corrected chi connectivity index (χ0v) is 10.3. The number of benzene rings is 1. The molecule has 0 fully saturated rings. The van der Waals surface area contributed by atoms with Gasteiger partial charge in [-0.3, -0.25) is 4.79 Å². The summed E-state index contributed by atoms with van der Waals surface area (Å²) in [4.78, 5) is 11.4. The van der Waals surface area contributed by atoms with Gasteiger partial charge in [0, 0.05) is 18.7 Å². The monoisotopic (exact) mass is 232 g/mol. The molecule has 0 unspecified atom stereocenters. The highest BCUT2D eigenvalue weighted by Gasteiger charge is 2.00. The molecule has 0 saturated carbocycles. The molecule has 0 aliphatic heterocycles. The van der Waals surface area contributed by atoms with Gasteiger partial charge in [-0.25, -0.2) is 0 Å². The van der Waals surface area contributed by atoms with E-state index in [9.17, 15) is 4.79 Å². The van der Waals surface area contributed by atoms with Crippen LogP contribution < -0.4 is 5.32 Å². The van der Waals surface area contributed by atoms with Gasteiger partial charge in [-0.2, -0.15) is 0 Å². The van der Waals surface area contributed by atoms with E-state index in [4.69, 9.17) is 5.41 Å². The van der Waals surface area contributed by atoms with Crippen molar-refractivity contribution in [3.8, 4) is 0 Å². The summed E-state index contributed by atoms with van der Waals surface area (Å²) in [7, 11) is 0. The minimum Gasteiger partial charge on any atom is -0.356 e. The summed E-state index contributed by atoms with van der Waals surface area (Å²) in [6.45, 7) is 2.46. The lowest BCUT2D eigenvalue weighted by atomic mass is 10.1. The lowest BCUT2D eigenvalue weighted by molar-refractivity contribution is -0.121. The Morgan fingerprint density at radius 3 is 2.59 bits per heavy atom. The number of hydrogen-bond donors (Lipinski definition) is 2. The van der Waals surface area contributed by atoms with Crippen molar-refractivity contribution in [1.82, 2.24) is 5.32 Å². The van der Waals surface area contributed by atoms with Crippen molar-refractivity contribution in [2.24, 2.45) is 0 Å². The second-order valence-electron chi connectivity index (χ2n) is 4.22. The molecule has 0 atom stereocenters. The summed E-state index contributed by atoms with van der Waals surface area (Å²) in [6, 6.07) is 10.1. The van der Waals surface area contributed by atoms with Crippen LogP contribution in [0.15, 0.2) is 30.3 Å². The standard InChI is InChI=1S/C14H20N2O/c1-12(15)6-5-9-14(17)16-11-10-13-7-3-2-4-8-13/h2-4,7-8,15H,5-6,9-11H2,1H3,(H,16,17). The Balaban J connectivity index is 2.10. The predicted molar refractivity (Wildman–Crippen MR) is 70.4 cm³/mol. The first-order valence-electron chi connectivity index (χ1n) is 6.03. The number of amides is 1. The molecular formula is C14H20N2O. The van der Waals surface area contributed by atoms with E-state index in [2.05, 4.69) is 17.4 Å². The average molecular weight is 232 g/mol. The topological polar surface area (TPSA) is 53.0 Å². The van der Waals surface area contributed by atoms with Gasteiger partial charge in [-0.15, -0.1) is 0 Å². The molecule has 1 rings (SSSR count). The highest BCUT2D eigenvalue weighted by Crippen LogP contribution is 1.99. The van der Waals surface area contributed by atoms with Gasteiger partial charge >= 0.3 is 0 Å². The van der Waals surface area contributed by atoms with Crippen molar-refractivity contribution in [2.75, 3.05) is 6.54 Å². The van der Waals surface area contributed by atoms with E-state index in [0.29, 0.717) is 25.1 Å². The van der Waals surface area contributed by atoms with E-state index < -0.39 is 0 Å². The van der Waals surface area contributed by atoms with Crippen LogP contribution in [0.1, 0.15) is 31.7 Å². The summed E-state index contributed by atoms with van der Waals surface area (Å²) in [5.41, 5.74) is 1.88. The molecule has 1 amide bonds. The third kappa shape index (κ3) is 6.51. The Bertz CT molecular complexity index is 360. The van der Waals surface area contributed by atoms with Gasteiger partial charge in [0.2, 0.25) is 5.91 Å². The number of carbonyl (C=O) groups is 1. The van der Waals surface area contributed by atoms with E-state index in [1.54, 1.807) is 6.92 Å². The molecule has 0 spiro atoms. The molecule has 0 saturated heterocycles. The Kier molecular flexibility index (Phi) is 6.00. The molecule has 3 nitrogen and oxygen atoms in total. The summed E-state index contributed by atoms with van der Waals surface area (Å²) < 4.78 is 0. The minimum atomic E-state index is 0.0854. The van der Waals surface area contributed by atoms with Crippen molar-refractivity contribution in [3.05, 3.63) is 35.9 Å². The maximum absolute atomic E-state index is 11.4. The molecule has 0 bridgehead atoms. The van der Waals surface area contributed by atoms with Crippen LogP contribution in [0.5, 0.6) is 0 Å². The zero-order valence-electron chi connectivity index (χ0n) is 10.3. The van der Waals surface area contributed by atoms with Crippen LogP contribution >= 0.6 is 0 Å². The quantitative estimate of drug-likeness (QED) is 0.697. The van der Waals surface area contributed by atoms with Crippen LogP contribution in [0.2, 0.25) is 0 Å². The fraction of sp³-hybridized carbons (Fsp3) is 0.429. The van der Waals surface area contributed by atoms with Crippen molar-refractivity contribution >= 4 is 11.6 Å². The Hall–Kier alpha value is -1.64. The summed E-state index contributed by atoms with van der Waals surface area (Å²) >= 11 is 0. The second-order valence-corrected chi connectivity index (χ2v) is 4.22. The zero-order chi connectivity index (χ0) is 12.5. The number of nitrogens with one attached hydrogen (secondary N) is 2. The fourth-order valence-corrected chi connectivity index (χ4v) is 1.59. The van der Waals surface area contributed by atoms with Crippen molar-refractivity contribution < 1.29 is 4.79 Å². The van der Waals surface area contributed by atoms with Gasteiger partial charge < -0.3 is 10.7 Å². The van der Waals surface area contributed by atoms with E-state index in [1.807, 2.05) is 18.2 Å². The van der Waals surface area contributed by atoms with E-state index in [0.717, 1.165) is 12.8 Å². The Labute approximate surface area is 103 Å². The first kappa shape index (κ1) is 13.4. The van der Waals surface area contributed by atoms with Crippen molar-refractivity contribution in [1.29, 1.82) is 5.41 Å². The van der Waals surface area contributed by atoms with Gasteiger partial charge in [-0.1, -0.05) is 30.3 Å². The maximum atomic E-state index is 11.4. The molecule has 0 aliphatic carbocycles. The van der Waals surface area contributed by atoms with Crippen LogP contribution in [-0.4, -0.2) is 18.2 Å². The third-order valence-electron chi connectivity index (χ3n) is 2.53. The van der Waals surface area contributed by atoms with Gasteiger partial charge in [0.25, 0.3) is 0 Å². The summed E-state index contributed by atoms with van der Waals surface area (Å²) in [5.74, 6) is 0.0854. The average Bonchev–Trinajstić information content (AvgIpc) is 2.30. The molecule has 1 aromatic rings. The third-order valence-corrected chi connectivity index (χ3v) is 2.53. The van der Waals surface area contributed by atoms with Gasteiger partial charge in [0.15, 0.2) is 0 Å². The van der Waals surface area contributed by atoms with Gasteiger partial charge in [-0.05, 0) is 31.7 Å². The number of hydrogen-bond acceptors (Lipinski definition) is 2. The molecule has 1 aromatic carbocycles. The van der Waals surface area contributed by atoms with Gasteiger partial charge in [0.1, 0.15) is 0 Å². The van der Waals surface area contributed by atoms with Crippen LogP contribution in [0.25, 0.3) is 0 Å². The molecule has 3 heteroatoms. The number of rotatable bonds is 7. The molecule has 0 aliphatic rings. The lowest BCUT2D eigenvalue weighted by Crippen LogP contribution is -2.25. The summed E-state index contributed by atoms with van der Waals surface area (Å²) in [5, 5.41) is 10.2. The smallest absolute Gasteiger partial charge is 0.220 e. The predicted octanol–water partition coefficient (Wildman–Crippen LogP) is 2.56. The largest absolute Gasteiger partial charge is 0.356 e. The first-order chi connectivity index (χ1) is 8.18. The summed E-state index contributed by atoms with van der Waals surface area (Å²) in [6.07, 6.45) is 2.87. The van der Waals surface area contributed by atoms with E-state index in [1.165, 1.54) is 5.56 Å².